The van der Waals surface area contributed by atoms with E-state index in [1.807, 2.05) is 30.3 Å². The van der Waals surface area contributed by atoms with Crippen molar-refractivity contribution >= 4 is 5.91 Å². The van der Waals surface area contributed by atoms with Gasteiger partial charge in [0, 0.05) is 20.2 Å². The molecule has 0 bridgehead atoms. The van der Waals surface area contributed by atoms with Crippen molar-refractivity contribution in [1.82, 2.24) is 5.32 Å². The smallest absolute Gasteiger partial charge is 0.228 e. The van der Waals surface area contributed by atoms with E-state index in [1.54, 1.807) is 7.11 Å². The first-order valence-electron chi connectivity index (χ1n) is 5.31. The Morgan fingerprint density at radius 3 is 2.69 bits per heavy atom. The molecule has 0 spiro atoms. The van der Waals surface area contributed by atoms with E-state index in [1.165, 1.54) is 0 Å². The summed E-state index contributed by atoms with van der Waals surface area (Å²) in [6, 6.07) is 9.54. The molecule has 1 unspecified atom stereocenters. The normalized spacial score (nSPS) is 12.1. The van der Waals surface area contributed by atoms with E-state index in [0.29, 0.717) is 19.7 Å². The molecule has 4 heteroatoms. The number of methoxy groups -OCH3 is 1. The summed E-state index contributed by atoms with van der Waals surface area (Å²) in [4.78, 5) is 11.8. The van der Waals surface area contributed by atoms with Gasteiger partial charge in [0.2, 0.25) is 5.91 Å². The molecule has 1 aromatic rings. The van der Waals surface area contributed by atoms with Gasteiger partial charge >= 0.3 is 0 Å². The Morgan fingerprint density at radius 1 is 1.44 bits per heavy atom. The van der Waals surface area contributed by atoms with Crippen molar-refractivity contribution in [2.45, 2.75) is 5.92 Å². The van der Waals surface area contributed by atoms with E-state index >= 15 is 0 Å². The first-order chi connectivity index (χ1) is 7.79. The quantitative estimate of drug-likeness (QED) is 0.689. The van der Waals surface area contributed by atoms with Crippen LogP contribution in [0.5, 0.6) is 0 Å². The molecule has 4 nitrogen and oxygen atoms in total. The number of carbonyl (C=O) groups is 1. The molecule has 0 fully saturated rings. The number of benzene rings is 1. The number of nitrogens with one attached hydrogen (secondary N) is 1. The van der Waals surface area contributed by atoms with E-state index in [4.69, 9.17) is 10.5 Å². The first kappa shape index (κ1) is 12.7. The van der Waals surface area contributed by atoms with Gasteiger partial charge in [-0.3, -0.25) is 4.79 Å². The van der Waals surface area contributed by atoms with Gasteiger partial charge < -0.3 is 15.8 Å². The van der Waals surface area contributed by atoms with Gasteiger partial charge in [-0.15, -0.1) is 0 Å². The second kappa shape index (κ2) is 6.98. The molecule has 88 valence electrons. The van der Waals surface area contributed by atoms with Gasteiger partial charge in [0.25, 0.3) is 0 Å². The number of hydrogen-bond donors (Lipinski definition) is 2. The predicted octanol–water partition coefficient (Wildman–Crippen LogP) is 0.492. The minimum Gasteiger partial charge on any atom is -0.383 e. The molecule has 0 heterocycles. The van der Waals surface area contributed by atoms with E-state index in [0.717, 1.165) is 5.56 Å². The number of amides is 1. The molecule has 0 radical (unpaired) electrons. The van der Waals surface area contributed by atoms with Crippen LogP contribution in [0.25, 0.3) is 0 Å². The third kappa shape index (κ3) is 3.64. The lowest BCUT2D eigenvalue weighted by Gasteiger charge is -2.14. The fraction of sp³-hybridized carbons (Fsp3) is 0.417. The van der Waals surface area contributed by atoms with Crippen LogP contribution in [0.15, 0.2) is 30.3 Å². The number of ether oxygens (including phenoxy) is 1. The molecule has 0 aliphatic rings. The van der Waals surface area contributed by atoms with Gasteiger partial charge in [-0.2, -0.15) is 0 Å². The third-order valence-corrected chi connectivity index (χ3v) is 2.36. The molecule has 1 amide bonds. The van der Waals surface area contributed by atoms with Crippen molar-refractivity contribution in [3.63, 3.8) is 0 Å². The number of carbonyl (C=O) groups excluding carboxylic acids is 1. The SMILES string of the molecule is COCCNC(=O)C(CN)c1ccccc1. The van der Waals surface area contributed by atoms with Gasteiger partial charge in [0.05, 0.1) is 12.5 Å². The molecule has 0 saturated heterocycles. The van der Waals surface area contributed by atoms with E-state index in [9.17, 15) is 4.79 Å². The van der Waals surface area contributed by atoms with Gasteiger partial charge in [0.1, 0.15) is 0 Å². The van der Waals surface area contributed by atoms with Crippen LogP contribution in [-0.4, -0.2) is 32.7 Å². The van der Waals surface area contributed by atoms with Gasteiger partial charge in [-0.1, -0.05) is 30.3 Å². The van der Waals surface area contributed by atoms with E-state index in [-0.39, 0.29) is 11.8 Å². The second-order valence-corrected chi connectivity index (χ2v) is 3.48. The average Bonchev–Trinajstić information content (AvgIpc) is 2.32. The van der Waals surface area contributed by atoms with Crippen LogP contribution < -0.4 is 11.1 Å². The minimum absolute atomic E-state index is 0.0502. The number of rotatable bonds is 6. The van der Waals surface area contributed by atoms with E-state index < -0.39 is 0 Å². The lowest BCUT2D eigenvalue weighted by Crippen LogP contribution is -2.35. The van der Waals surface area contributed by atoms with E-state index in [2.05, 4.69) is 5.32 Å². The van der Waals surface area contributed by atoms with Gasteiger partial charge in [0.15, 0.2) is 0 Å². The molecule has 1 aromatic carbocycles. The largest absolute Gasteiger partial charge is 0.383 e. The third-order valence-electron chi connectivity index (χ3n) is 2.36. The maximum Gasteiger partial charge on any atom is 0.228 e. The highest BCUT2D eigenvalue weighted by Crippen LogP contribution is 2.13. The molecule has 0 saturated carbocycles. The van der Waals surface area contributed by atoms with Crippen molar-refractivity contribution in [1.29, 1.82) is 0 Å². The zero-order chi connectivity index (χ0) is 11.8. The lowest BCUT2D eigenvalue weighted by molar-refractivity contribution is -0.122. The van der Waals surface area contributed by atoms with Crippen molar-refractivity contribution in [3.05, 3.63) is 35.9 Å². The molecule has 0 aliphatic carbocycles. The zero-order valence-corrected chi connectivity index (χ0v) is 9.48. The molecular formula is C12H18N2O2. The van der Waals surface area contributed by atoms with Crippen LogP contribution in [-0.2, 0) is 9.53 Å². The highest BCUT2D eigenvalue weighted by atomic mass is 16.5. The van der Waals surface area contributed by atoms with Crippen LogP contribution in [0, 0.1) is 0 Å². The average molecular weight is 222 g/mol. The van der Waals surface area contributed by atoms with Crippen LogP contribution in [0.3, 0.4) is 0 Å². The summed E-state index contributed by atoms with van der Waals surface area (Å²) in [5, 5.41) is 2.79. The molecule has 16 heavy (non-hydrogen) atoms. The summed E-state index contributed by atoms with van der Waals surface area (Å²) < 4.78 is 4.87. The maximum absolute atomic E-state index is 11.8. The van der Waals surface area contributed by atoms with Crippen LogP contribution in [0.4, 0.5) is 0 Å². The van der Waals surface area contributed by atoms with Crippen molar-refractivity contribution in [2.24, 2.45) is 5.73 Å². The molecular weight excluding hydrogens is 204 g/mol. The Labute approximate surface area is 95.8 Å². The Morgan fingerprint density at radius 2 is 2.12 bits per heavy atom. The van der Waals surface area contributed by atoms with Crippen molar-refractivity contribution < 1.29 is 9.53 Å². The lowest BCUT2D eigenvalue weighted by atomic mass is 9.98. The standard InChI is InChI=1S/C12H18N2O2/c1-16-8-7-14-12(15)11(9-13)10-5-3-2-4-6-10/h2-6,11H,7-9,13H2,1H3,(H,14,15). The number of hydrogen-bond acceptors (Lipinski definition) is 3. The highest BCUT2D eigenvalue weighted by molar-refractivity contribution is 5.83. The summed E-state index contributed by atoms with van der Waals surface area (Å²) >= 11 is 0. The Hall–Kier alpha value is -1.39. The molecule has 3 N–H and O–H groups in total. The summed E-state index contributed by atoms with van der Waals surface area (Å²) in [7, 11) is 1.60. The molecule has 1 atom stereocenters. The number of nitrogens with two attached hydrogens (primary N) is 1. The fourth-order valence-electron chi connectivity index (χ4n) is 1.48. The fourth-order valence-corrected chi connectivity index (χ4v) is 1.48. The van der Waals surface area contributed by atoms with Crippen LogP contribution >= 0.6 is 0 Å². The highest BCUT2D eigenvalue weighted by Gasteiger charge is 2.17. The summed E-state index contributed by atoms with van der Waals surface area (Å²) in [5.41, 5.74) is 6.56. The minimum atomic E-state index is -0.280. The summed E-state index contributed by atoms with van der Waals surface area (Å²) in [5.74, 6) is -0.330. The topological polar surface area (TPSA) is 64.3 Å². The molecule has 0 aliphatic heterocycles. The summed E-state index contributed by atoms with van der Waals surface area (Å²) in [6.07, 6.45) is 0. The second-order valence-electron chi connectivity index (χ2n) is 3.48. The Bertz CT molecular complexity index is 314. The van der Waals surface area contributed by atoms with Gasteiger partial charge in [-0.25, -0.2) is 0 Å². The maximum atomic E-state index is 11.8. The summed E-state index contributed by atoms with van der Waals surface area (Å²) in [6.45, 7) is 1.33. The van der Waals surface area contributed by atoms with Crippen molar-refractivity contribution in [2.75, 3.05) is 26.8 Å². The Kier molecular flexibility index (Phi) is 5.53. The molecule has 0 aromatic heterocycles. The molecule has 1 rings (SSSR count). The monoisotopic (exact) mass is 222 g/mol. The zero-order valence-electron chi connectivity index (χ0n) is 9.48. The predicted molar refractivity (Wildman–Crippen MR) is 63.1 cm³/mol. The van der Waals surface area contributed by atoms with Gasteiger partial charge in [-0.05, 0) is 5.56 Å². The van der Waals surface area contributed by atoms with Crippen LogP contribution in [0.2, 0.25) is 0 Å². The van der Waals surface area contributed by atoms with Crippen molar-refractivity contribution in [3.8, 4) is 0 Å². The first-order valence-corrected chi connectivity index (χ1v) is 5.31. The van der Waals surface area contributed by atoms with Crippen LogP contribution in [0.1, 0.15) is 11.5 Å². The Balaban J connectivity index is 2.57.